The number of carboxylic acids is 1. The van der Waals surface area contributed by atoms with Crippen LogP contribution in [-0.4, -0.2) is 262 Å². The number of fused-ring (bicyclic) bond motifs is 15. The molecule has 141 heavy (non-hydrogen) atoms. The molecule has 2 fully saturated rings. The van der Waals surface area contributed by atoms with Crippen LogP contribution in [0, 0.1) is 5.92 Å². The number of amides is 8. The number of nitrogens with one attached hydrogen (secondary N) is 9. The molecule has 7 aliphatic rings. The van der Waals surface area contributed by atoms with Crippen molar-refractivity contribution in [3.63, 3.8) is 0 Å². The molecule has 0 saturated carbocycles. The first kappa shape index (κ1) is 110. The van der Waals surface area contributed by atoms with Crippen molar-refractivity contribution < 1.29 is 161 Å². The Morgan fingerprint density at radius 3 is 1.96 bits per heavy atom. The summed E-state index contributed by atoms with van der Waals surface area (Å²) in [5, 5.41) is 142. The molecule has 15 unspecified atom stereocenters. The number of esters is 1. The molecule has 7 aliphatic heterocycles. The molecule has 47 heteroatoms. The Kier molecular flexibility index (Phi) is 38.3. The molecule has 0 aliphatic carbocycles. The van der Waals surface area contributed by atoms with E-state index in [0.717, 1.165) is 123 Å². The van der Waals surface area contributed by atoms with Crippen molar-refractivity contribution in [2.45, 2.75) is 246 Å². The van der Waals surface area contributed by atoms with Gasteiger partial charge in [-0.3, -0.25) is 47.8 Å². The number of phenolic OH excluding ortho intramolecular Hbond substituents is 3. The molecule has 8 amide bonds. The van der Waals surface area contributed by atoms with Crippen molar-refractivity contribution in [1.82, 2.24) is 52.8 Å². The van der Waals surface area contributed by atoms with Crippen LogP contribution in [0.2, 0.25) is 10.0 Å². The number of halogens is 2. The average molecular weight is 2030 g/mol. The number of hydrogen-bond acceptors (Lipinski definition) is 33. The number of aliphatic hydroxyl groups is 6. The monoisotopic (exact) mass is 2030 g/mol. The fraction of sp³-hybridized carbons (Fsp3) is 0.489. The van der Waals surface area contributed by atoms with Gasteiger partial charge in [-0.05, 0) is 128 Å². The van der Waals surface area contributed by atoms with Crippen LogP contribution in [0.3, 0.4) is 0 Å². The highest BCUT2D eigenvalue weighted by Gasteiger charge is 2.53. The van der Waals surface area contributed by atoms with E-state index in [0.29, 0.717) is 19.4 Å². The van der Waals surface area contributed by atoms with Gasteiger partial charge in [0.15, 0.2) is 29.9 Å². The van der Waals surface area contributed by atoms with Gasteiger partial charge in [0.2, 0.25) is 53.4 Å². The fourth-order valence-corrected chi connectivity index (χ4v) is 18.1. The molecule has 13 rings (SSSR count). The molecule has 44 nitrogen and oxygen atoms in total. The van der Waals surface area contributed by atoms with Gasteiger partial charge >= 0.3 is 25.6 Å². The Morgan fingerprint density at radius 1 is 0.709 bits per heavy atom. The van der Waals surface area contributed by atoms with Gasteiger partial charge in [-0.1, -0.05) is 125 Å². The Labute approximate surface area is 818 Å². The number of unbranched alkanes of at least 4 members (excludes halogenated alkanes) is 7. The summed E-state index contributed by atoms with van der Waals surface area (Å²) in [6.45, 7) is 7.66. The lowest BCUT2D eigenvalue weighted by atomic mass is 9.85. The van der Waals surface area contributed by atoms with Crippen molar-refractivity contribution in [2.24, 2.45) is 11.7 Å². The van der Waals surface area contributed by atoms with E-state index >= 15 is 28.8 Å². The molecule has 11 bridgehead atoms. The van der Waals surface area contributed by atoms with Crippen LogP contribution in [0.15, 0.2) is 97.1 Å². The van der Waals surface area contributed by atoms with Crippen LogP contribution in [0.25, 0.3) is 11.1 Å². The smallest absolute Gasteiger partial charge is 0.410 e. The van der Waals surface area contributed by atoms with Gasteiger partial charge < -0.3 is 162 Å². The maximum atomic E-state index is 16.6. The molecule has 19 atom stereocenters. The van der Waals surface area contributed by atoms with Gasteiger partial charge in [0, 0.05) is 67.3 Å². The number of nitrogens with zero attached hydrogens (tertiary/aromatic N) is 1. The van der Waals surface area contributed by atoms with Crippen molar-refractivity contribution in [1.29, 1.82) is 0 Å². The highest BCUT2D eigenvalue weighted by Crippen LogP contribution is 2.52. The topological polar surface area (TPSA) is 676 Å². The van der Waals surface area contributed by atoms with E-state index in [4.69, 9.17) is 66.8 Å². The van der Waals surface area contributed by atoms with Crippen LogP contribution in [0.4, 0.5) is 4.79 Å². The van der Waals surface area contributed by atoms with E-state index in [1.54, 1.807) is 27.7 Å². The zero-order chi connectivity index (χ0) is 103. The molecule has 6 aromatic rings. The van der Waals surface area contributed by atoms with Crippen LogP contribution in [-0.2, 0) is 89.4 Å². The lowest BCUT2D eigenvalue weighted by molar-refractivity contribution is -0.334. The second-order valence-electron chi connectivity index (χ2n) is 35.6. The van der Waals surface area contributed by atoms with Crippen LogP contribution < -0.4 is 72.5 Å². The summed E-state index contributed by atoms with van der Waals surface area (Å²) in [5.41, 5.74) is -1.12. The van der Waals surface area contributed by atoms with Crippen molar-refractivity contribution in [3.8, 4) is 62.9 Å². The van der Waals surface area contributed by atoms with Crippen molar-refractivity contribution >= 4 is 103 Å². The summed E-state index contributed by atoms with van der Waals surface area (Å²) in [5.74, 6) is -19.5. The SMILES string of the molecule is CCCCCCCCCCNCCN[C@]1(C)CC(OC2C(Oc3c4cc5cc3Oc3ccc(cc3Cl)[C@H](O)C(NC(=O)C(CC(C)C)N(C)C(=O)OCc3ccccc3OC(=O)CCC(C=O)P(=O)(O)O)C(=O)NC(CC(N)=O)C(=O)NC5C(=O)NC3C(=O)NC(C(=O)N[C@@H](C(=O)O)c5cc(O)c(CNCC=O)c(O)c5-c5cc3ccc5O)[C@H](O)c3ccc(c(Cl)c3)O4)OC(CO)C(O)C2O)OC(C)C1O. The zero-order valence-corrected chi connectivity index (χ0v) is 80.1. The number of rotatable bonds is 38. The number of primary amides is 1. The quantitative estimate of drug-likeness (QED) is 0.00847. The van der Waals surface area contributed by atoms with Gasteiger partial charge in [0.25, 0.3) is 0 Å². The number of aliphatic hydroxyl groups excluding tert-OH is 6. The van der Waals surface area contributed by atoms with Crippen molar-refractivity contribution in [2.75, 3.05) is 39.8 Å². The number of hydrogen-bond donors (Lipinski definition) is 22. The minimum absolute atomic E-state index is 0.00663. The molecule has 23 N–H and O–H groups in total. The third-order valence-electron chi connectivity index (χ3n) is 24.7. The standard InChI is InChI=1S/C94H118Cl2N11O33P/c1-7-8-9-10-11-12-13-16-27-98-28-29-100-94(5)40-70(134-46(4)84(94)120)139-83-81(119)80(118)67(43-110)138-92(83)140-82-65-36-51-37-66(82)136-64-25-21-49(35-57(64)96)78(116)76-90(126)104-74(91(127)128)54-38-61(112)55(41-99-30-31-108)79(117)71(54)53-33-47(19-23-60(53)111)72(87(123)106-76)103-88(124)73(51)102-85(121)58(39-68(97)113)101-89(125)75(77(115)48-20-24-63(135-65)56(95)34-48)105-86(122)59(32-45(2)3)107(6)93(129)133-44-50-17-14-15-18-62(50)137-69(114)26-22-52(42-109)141(130,131)132/h14-15,17-21,23-25,31,33-38,42,45-46,52,58-59,67,70,72-78,80-81,83-84,92,98-100,110-112,115-120H,7-13,16,22,26-30,32,39-41,43-44H2,1-6H3,(H2,97,113)(H,101,125)(H,102,121)(H,103,124)(H,104,126)(H,105,122)(H,106,123)(H,127,128)(H2,130,131,132)/t46?,52?,58?,59?,67?,70?,72?,73?,74-,75?,76?,77+,78-,80?,81?,83?,84?,92?,94-/m1/s1. The Balaban J connectivity index is 1.05. The highest BCUT2D eigenvalue weighted by atomic mass is 35.5. The zero-order valence-electron chi connectivity index (χ0n) is 77.7. The Hall–Kier alpha value is -11.8. The summed E-state index contributed by atoms with van der Waals surface area (Å²) in [7, 11) is -3.82. The number of carbonyl (C=O) groups excluding carboxylic acids is 11. The third-order valence-corrected chi connectivity index (χ3v) is 26.6. The largest absolute Gasteiger partial charge is 0.507 e. The Bertz CT molecular complexity index is 5610. The lowest BCUT2D eigenvalue weighted by Gasteiger charge is -2.48. The average Bonchev–Trinajstić information content (AvgIpc) is 0.755. The third kappa shape index (κ3) is 27.4. The first-order chi connectivity index (χ1) is 67.0. The number of nitrogens with two attached hydrogens (primary N) is 1. The normalized spacial score (nSPS) is 24.6. The Morgan fingerprint density at radius 2 is 1.34 bits per heavy atom. The molecule has 2 saturated heterocycles. The summed E-state index contributed by atoms with van der Waals surface area (Å²) >= 11 is 14.5. The van der Waals surface area contributed by atoms with Crippen LogP contribution >= 0.6 is 30.8 Å². The van der Waals surface area contributed by atoms with Gasteiger partial charge in [-0.2, -0.15) is 0 Å². The van der Waals surface area contributed by atoms with Gasteiger partial charge in [-0.25, -0.2) is 9.59 Å². The lowest BCUT2D eigenvalue weighted by Crippen LogP contribution is -2.65. The maximum Gasteiger partial charge on any atom is 0.410 e. The first-order valence-corrected chi connectivity index (χ1v) is 48.2. The number of carboxylic acid groups (broad SMARTS) is 1. The highest BCUT2D eigenvalue weighted by molar-refractivity contribution is 7.53. The molecular formula is C94H118Cl2N11O33P. The fourth-order valence-electron chi connectivity index (χ4n) is 17.0. The van der Waals surface area contributed by atoms with Crippen LogP contribution in [0.1, 0.15) is 187 Å². The summed E-state index contributed by atoms with van der Waals surface area (Å²) in [6, 6.07) is 1.72. The predicted molar refractivity (Wildman–Crippen MR) is 498 cm³/mol. The minimum Gasteiger partial charge on any atom is -0.507 e. The number of benzene rings is 6. The second kappa shape index (κ2) is 49.3. The van der Waals surface area contributed by atoms with Gasteiger partial charge in [-0.15, -0.1) is 0 Å². The summed E-state index contributed by atoms with van der Waals surface area (Å²) in [6.07, 6.45) is -13.0. The number of likely N-dealkylation sites (N-methyl/N-ethyl adjacent to an activating group) is 1. The van der Waals surface area contributed by atoms with E-state index in [-0.39, 0.29) is 48.1 Å². The molecular weight excluding hydrogens is 1910 g/mol. The molecule has 0 radical (unpaired) electrons. The van der Waals surface area contributed by atoms with Gasteiger partial charge in [0.05, 0.1) is 47.4 Å². The number of aromatic hydroxyl groups is 3. The number of aldehydes is 2. The molecule has 0 spiro atoms. The van der Waals surface area contributed by atoms with Gasteiger partial charge in [0.1, 0.15) is 126 Å². The second-order valence-corrected chi connectivity index (χ2v) is 38.2. The molecule has 7 heterocycles. The molecule has 0 aromatic heterocycles. The number of phenols is 3. The predicted octanol–water partition coefficient (Wildman–Crippen LogP) is 4.24. The van der Waals surface area contributed by atoms with E-state index in [1.807, 2.05) is 0 Å². The van der Waals surface area contributed by atoms with Crippen LogP contribution in [0.5, 0.6) is 51.7 Å². The summed E-state index contributed by atoms with van der Waals surface area (Å²) in [4.78, 5) is 192. The maximum absolute atomic E-state index is 16.6. The summed E-state index contributed by atoms with van der Waals surface area (Å²) < 4.78 is 62.5. The van der Waals surface area contributed by atoms with E-state index in [2.05, 4.69) is 54.8 Å². The molecule has 766 valence electrons. The number of carbonyl (C=O) groups is 12. The number of para-hydroxylation sites is 1. The number of aliphatic carboxylic acids is 1. The van der Waals surface area contributed by atoms with E-state index in [1.165, 1.54) is 43.5 Å². The van der Waals surface area contributed by atoms with Crippen molar-refractivity contribution in [3.05, 3.63) is 146 Å². The minimum atomic E-state index is -4.94. The van der Waals surface area contributed by atoms with E-state index in [9.17, 15) is 94.2 Å². The van der Waals surface area contributed by atoms with E-state index < -0.39 is 316 Å². The first-order valence-electron chi connectivity index (χ1n) is 45.8. The number of ether oxygens (including phenoxy) is 8. The molecule has 6 aromatic carbocycles.